The van der Waals surface area contributed by atoms with Crippen LogP contribution in [0, 0.1) is 0 Å². The van der Waals surface area contributed by atoms with Gasteiger partial charge in [0.2, 0.25) is 0 Å². The first-order valence-corrected chi connectivity index (χ1v) is 6.51. The topological polar surface area (TPSA) is 84.3 Å². The highest BCUT2D eigenvalue weighted by Gasteiger charge is 2.02. The molecule has 0 aliphatic carbocycles. The fourth-order valence-electron chi connectivity index (χ4n) is 1.98. The van der Waals surface area contributed by atoms with E-state index in [1.165, 1.54) is 22.9 Å². The average Bonchev–Trinajstić information content (AvgIpc) is 2.48. The van der Waals surface area contributed by atoms with Crippen molar-refractivity contribution >= 4 is 0 Å². The van der Waals surface area contributed by atoms with E-state index in [0.29, 0.717) is 17.2 Å². The number of benzene rings is 2. The van der Waals surface area contributed by atoms with Crippen LogP contribution in [0.1, 0.15) is 0 Å². The molecule has 0 aliphatic heterocycles. The zero-order valence-electron chi connectivity index (χ0n) is 11.4. The minimum Gasteiger partial charge on any atom is -0.508 e. The molecule has 0 atom stereocenters. The van der Waals surface area contributed by atoms with Crippen LogP contribution < -0.4 is 16.0 Å². The minimum absolute atomic E-state index is 0.119. The molecular weight excluding hydrogens is 284 g/mol. The molecule has 0 radical (unpaired) electrons. The molecule has 3 aromatic rings. The average molecular weight is 296 g/mol. The molecule has 0 saturated heterocycles. The SMILES string of the molecule is O=c1ccn(-c2ccc(Oc3cccc(O)c3)cc2)c(=O)[nH]1. The fraction of sp³-hybridized carbons (Fsp3) is 0. The number of hydrogen-bond donors (Lipinski definition) is 2. The van der Waals surface area contributed by atoms with Gasteiger partial charge in [0.05, 0.1) is 5.69 Å². The maximum Gasteiger partial charge on any atom is 0.332 e. The van der Waals surface area contributed by atoms with Crippen molar-refractivity contribution in [2.75, 3.05) is 0 Å². The van der Waals surface area contributed by atoms with Crippen LogP contribution in [-0.2, 0) is 0 Å². The molecular formula is C16H12N2O4. The maximum atomic E-state index is 11.7. The van der Waals surface area contributed by atoms with E-state index in [-0.39, 0.29) is 5.75 Å². The van der Waals surface area contributed by atoms with E-state index in [2.05, 4.69) is 4.98 Å². The second-order valence-electron chi connectivity index (χ2n) is 4.57. The summed E-state index contributed by atoms with van der Waals surface area (Å²) in [5, 5.41) is 9.39. The summed E-state index contributed by atoms with van der Waals surface area (Å²) >= 11 is 0. The van der Waals surface area contributed by atoms with Crippen molar-refractivity contribution in [3.63, 3.8) is 0 Å². The van der Waals surface area contributed by atoms with Crippen molar-refractivity contribution in [2.45, 2.75) is 0 Å². The van der Waals surface area contributed by atoms with Gasteiger partial charge >= 0.3 is 5.69 Å². The van der Waals surface area contributed by atoms with E-state index in [1.807, 2.05) is 0 Å². The van der Waals surface area contributed by atoms with Crippen molar-refractivity contribution in [1.29, 1.82) is 0 Å². The minimum atomic E-state index is -0.505. The van der Waals surface area contributed by atoms with Crippen LogP contribution in [0.3, 0.4) is 0 Å². The summed E-state index contributed by atoms with van der Waals surface area (Å²) in [5.41, 5.74) is -0.344. The number of aromatic amines is 1. The van der Waals surface area contributed by atoms with Crippen molar-refractivity contribution in [3.8, 4) is 22.9 Å². The Morgan fingerprint density at radius 3 is 2.41 bits per heavy atom. The molecule has 3 rings (SSSR count). The molecule has 0 amide bonds. The second kappa shape index (κ2) is 5.61. The molecule has 1 aromatic heterocycles. The number of rotatable bonds is 3. The zero-order valence-corrected chi connectivity index (χ0v) is 11.4. The van der Waals surface area contributed by atoms with Gasteiger partial charge in [0.1, 0.15) is 17.2 Å². The Balaban J connectivity index is 1.86. The number of phenolic OH excluding ortho intramolecular Hbond substituents is 1. The van der Waals surface area contributed by atoms with Gasteiger partial charge < -0.3 is 9.84 Å². The summed E-state index contributed by atoms with van der Waals surface area (Å²) in [6, 6.07) is 14.5. The van der Waals surface area contributed by atoms with Crippen molar-refractivity contribution in [2.24, 2.45) is 0 Å². The van der Waals surface area contributed by atoms with E-state index in [4.69, 9.17) is 4.74 Å². The predicted molar refractivity (Wildman–Crippen MR) is 80.8 cm³/mol. The molecule has 0 bridgehead atoms. The fourth-order valence-corrected chi connectivity index (χ4v) is 1.98. The van der Waals surface area contributed by atoms with Gasteiger partial charge in [-0.1, -0.05) is 6.07 Å². The van der Waals surface area contributed by atoms with Gasteiger partial charge in [0.15, 0.2) is 0 Å². The van der Waals surface area contributed by atoms with Crippen LogP contribution in [0.2, 0.25) is 0 Å². The summed E-state index contributed by atoms with van der Waals surface area (Å²) in [4.78, 5) is 24.9. The number of nitrogens with zero attached hydrogens (tertiary/aromatic N) is 1. The third-order valence-electron chi connectivity index (χ3n) is 2.99. The molecule has 6 nitrogen and oxygen atoms in total. The van der Waals surface area contributed by atoms with Gasteiger partial charge in [0, 0.05) is 18.3 Å². The van der Waals surface area contributed by atoms with Gasteiger partial charge in [0.25, 0.3) is 5.56 Å². The molecule has 0 aliphatic rings. The summed E-state index contributed by atoms with van der Waals surface area (Å²) in [6.45, 7) is 0. The first-order chi connectivity index (χ1) is 10.6. The highest BCUT2D eigenvalue weighted by molar-refractivity contribution is 5.40. The lowest BCUT2D eigenvalue weighted by molar-refractivity contribution is 0.455. The monoisotopic (exact) mass is 296 g/mol. The maximum absolute atomic E-state index is 11.7. The normalized spacial score (nSPS) is 10.4. The number of H-pyrrole nitrogens is 1. The molecule has 2 N–H and O–H groups in total. The zero-order chi connectivity index (χ0) is 15.5. The van der Waals surface area contributed by atoms with Gasteiger partial charge in [-0.15, -0.1) is 0 Å². The summed E-state index contributed by atoms with van der Waals surface area (Å²) in [7, 11) is 0. The number of ether oxygens (including phenoxy) is 1. The van der Waals surface area contributed by atoms with E-state index >= 15 is 0 Å². The number of hydrogen-bond acceptors (Lipinski definition) is 4. The first-order valence-electron chi connectivity index (χ1n) is 6.51. The molecule has 0 spiro atoms. The third kappa shape index (κ3) is 2.90. The smallest absolute Gasteiger partial charge is 0.332 e. The molecule has 22 heavy (non-hydrogen) atoms. The first kappa shape index (κ1) is 13.7. The molecule has 1 heterocycles. The molecule has 110 valence electrons. The highest BCUT2D eigenvalue weighted by Crippen LogP contribution is 2.25. The van der Waals surface area contributed by atoms with E-state index in [0.717, 1.165) is 0 Å². The molecule has 2 aromatic carbocycles. The highest BCUT2D eigenvalue weighted by atomic mass is 16.5. The second-order valence-corrected chi connectivity index (χ2v) is 4.57. The number of aromatic hydroxyl groups is 1. The van der Waals surface area contributed by atoms with Crippen molar-refractivity contribution in [3.05, 3.63) is 81.6 Å². The third-order valence-corrected chi connectivity index (χ3v) is 2.99. The lowest BCUT2D eigenvalue weighted by Gasteiger charge is -2.08. The van der Waals surface area contributed by atoms with Crippen LogP contribution in [0.4, 0.5) is 0 Å². The van der Waals surface area contributed by atoms with E-state index in [9.17, 15) is 14.7 Å². The Labute approximate surface area is 124 Å². The Kier molecular flexibility index (Phi) is 3.49. The Bertz CT molecular complexity index is 910. The summed E-state index contributed by atoms with van der Waals surface area (Å²) in [6.07, 6.45) is 1.41. The van der Waals surface area contributed by atoms with Crippen LogP contribution in [0.15, 0.2) is 70.4 Å². The molecule has 0 fully saturated rings. The molecule has 0 saturated carbocycles. The van der Waals surface area contributed by atoms with E-state index in [1.54, 1.807) is 42.5 Å². The van der Waals surface area contributed by atoms with Crippen LogP contribution in [-0.4, -0.2) is 14.7 Å². The summed E-state index contributed by atoms with van der Waals surface area (Å²) < 4.78 is 6.91. The number of phenols is 1. The molecule has 0 unspecified atom stereocenters. The number of nitrogens with one attached hydrogen (secondary N) is 1. The van der Waals surface area contributed by atoms with Gasteiger partial charge in [-0.05, 0) is 36.4 Å². The van der Waals surface area contributed by atoms with Gasteiger partial charge in [-0.25, -0.2) is 4.79 Å². The lowest BCUT2D eigenvalue weighted by Crippen LogP contribution is -2.27. The summed E-state index contributed by atoms with van der Waals surface area (Å²) in [5.74, 6) is 1.19. The van der Waals surface area contributed by atoms with Gasteiger partial charge in [-0.3, -0.25) is 14.3 Å². The largest absolute Gasteiger partial charge is 0.508 e. The van der Waals surface area contributed by atoms with Crippen molar-refractivity contribution < 1.29 is 9.84 Å². The molecule has 6 heteroatoms. The van der Waals surface area contributed by atoms with E-state index < -0.39 is 11.2 Å². The van der Waals surface area contributed by atoms with Crippen LogP contribution >= 0.6 is 0 Å². The quantitative estimate of drug-likeness (QED) is 0.774. The Morgan fingerprint density at radius 2 is 1.73 bits per heavy atom. The predicted octanol–water partition coefficient (Wildman–Crippen LogP) is 2.02. The number of aromatic nitrogens is 2. The van der Waals surface area contributed by atoms with Crippen molar-refractivity contribution in [1.82, 2.24) is 9.55 Å². The van der Waals surface area contributed by atoms with Crippen LogP contribution in [0.5, 0.6) is 17.2 Å². The lowest BCUT2D eigenvalue weighted by atomic mass is 10.3. The Morgan fingerprint density at radius 1 is 0.955 bits per heavy atom. The standard InChI is InChI=1S/C16H12N2O4/c19-12-2-1-3-14(10-12)22-13-6-4-11(5-7-13)18-9-8-15(20)17-16(18)21/h1-10,19H,(H,17,20,21). The Hall–Kier alpha value is -3.28. The van der Waals surface area contributed by atoms with Crippen LogP contribution in [0.25, 0.3) is 5.69 Å². The van der Waals surface area contributed by atoms with Gasteiger partial charge in [-0.2, -0.15) is 0 Å².